The van der Waals surface area contributed by atoms with E-state index in [2.05, 4.69) is 22.1 Å². The fourth-order valence-electron chi connectivity index (χ4n) is 1.53. The first-order chi connectivity index (χ1) is 9.60. The number of amides is 1. The lowest BCUT2D eigenvalue weighted by Crippen LogP contribution is -2.13. The fourth-order valence-corrected chi connectivity index (χ4v) is 2.19. The number of benzene rings is 1. The monoisotopic (exact) mass is 290 g/mol. The van der Waals surface area contributed by atoms with E-state index in [-0.39, 0.29) is 17.7 Å². The summed E-state index contributed by atoms with van der Waals surface area (Å²) in [6.07, 6.45) is 1.65. The van der Waals surface area contributed by atoms with E-state index >= 15 is 0 Å². The van der Waals surface area contributed by atoms with E-state index in [9.17, 15) is 9.18 Å². The summed E-state index contributed by atoms with van der Waals surface area (Å²) >= 11 is 1.34. The minimum Gasteiger partial charge on any atom is -0.384 e. The molecule has 102 valence electrons. The van der Waals surface area contributed by atoms with Crippen LogP contribution in [0.15, 0.2) is 24.4 Å². The minimum atomic E-state index is -0.492. The van der Waals surface area contributed by atoms with E-state index < -0.39 is 11.7 Å². The van der Waals surface area contributed by atoms with Crippen LogP contribution in [0.3, 0.4) is 0 Å². The first kappa shape index (κ1) is 14.2. The number of hydrogen-bond donors (Lipinski definition) is 2. The smallest absolute Gasteiger partial charge is 0.258 e. The molecule has 20 heavy (non-hydrogen) atoms. The molecule has 2 rings (SSSR count). The van der Waals surface area contributed by atoms with Gasteiger partial charge >= 0.3 is 0 Å². The van der Waals surface area contributed by atoms with Crippen molar-refractivity contribution in [3.63, 3.8) is 0 Å². The first-order valence-corrected chi connectivity index (χ1v) is 6.55. The highest BCUT2D eigenvalue weighted by atomic mass is 32.1. The maximum absolute atomic E-state index is 13.2. The molecule has 6 heteroatoms. The van der Waals surface area contributed by atoms with Crippen LogP contribution in [0.1, 0.15) is 20.8 Å². The summed E-state index contributed by atoms with van der Waals surface area (Å²) in [6.45, 7) is 1.52. The van der Waals surface area contributed by atoms with Crippen LogP contribution in [-0.4, -0.2) is 22.6 Å². The maximum Gasteiger partial charge on any atom is 0.258 e. The Morgan fingerprint density at radius 1 is 1.55 bits per heavy atom. The van der Waals surface area contributed by atoms with Gasteiger partial charge in [0.05, 0.1) is 5.56 Å². The van der Waals surface area contributed by atoms with E-state index in [1.54, 1.807) is 6.20 Å². The Morgan fingerprint density at radius 2 is 2.35 bits per heavy atom. The molecule has 0 bridgehead atoms. The Labute approximate surface area is 119 Å². The lowest BCUT2D eigenvalue weighted by molar-refractivity contribution is 0.102. The summed E-state index contributed by atoms with van der Waals surface area (Å²) in [5, 5.41) is 11.8. The summed E-state index contributed by atoms with van der Waals surface area (Å²) in [4.78, 5) is 17.1. The van der Waals surface area contributed by atoms with Gasteiger partial charge in [-0.1, -0.05) is 11.8 Å². The molecule has 0 fully saturated rings. The van der Waals surface area contributed by atoms with Crippen LogP contribution < -0.4 is 5.32 Å². The number of carbonyl (C=O) groups excluding carboxylic acids is 1. The van der Waals surface area contributed by atoms with E-state index in [0.717, 1.165) is 10.9 Å². The molecular weight excluding hydrogens is 279 g/mol. The van der Waals surface area contributed by atoms with Gasteiger partial charge in [0.25, 0.3) is 5.91 Å². The number of nitrogens with zero attached hydrogens (tertiary/aromatic N) is 1. The van der Waals surface area contributed by atoms with Crippen molar-refractivity contribution in [3.8, 4) is 11.8 Å². The van der Waals surface area contributed by atoms with Gasteiger partial charge in [-0.3, -0.25) is 10.1 Å². The molecule has 0 aliphatic heterocycles. The van der Waals surface area contributed by atoms with Crippen LogP contribution in [0.25, 0.3) is 0 Å². The van der Waals surface area contributed by atoms with E-state index in [0.29, 0.717) is 5.13 Å². The molecule has 4 nitrogen and oxygen atoms in total. The Balaban J connectivity index is 2.29. The number of aliphatic hydroxyl groups is 1. The number of aromatic nitrogens is 1. The van der Waals surface area contributed by atoms with Crippen molar-refractivity contribution < 1.29 is 14.3 Å². The molecule has 0 aliphatic rings. The van der Waals surface area contributed by atoms with Gasteiger partial charge in [0.15, 0.2) is 5.13 Å². The van der Waals surface area contributed by atoms with Gasteiger partial charge in [0.2, 0.25) is 0 Å². The van der Waals surface area contributed by atoms with Gasteiger partial charge in [-0.15, -0.1) is 11.3 Å². The predicted octanol–water partition coefficient (Wildman–Crippen LogP) is 2.19. The molecule has 0 saturated heterocycles. The number of rotatable bonds is 2. The molecule has 1 heterocycles. The molecule has 1 aromatic heterocycles. The molecule has 0 saturated carbocycles. The number of carbonyl (C=O) groups is 1. The van der Waals surface area contributed by atoms with Crippen LogP contribution in [0.5, 0.6) is 0 Å². The number of halogens is 1. The molecule has 0 radical (unpaired) electrons. The lowest BCUT2D eigenvalue weighted by Gasteiger charge is -2.04. The van der Waals surface area contributed by atoms with Crippen molar-refractivity contribution in [2.45, 2.75) is 6.92 Å². The summed E-state index contributed by atoms with van der Waals surface area (Å²) in [5.74, 6) is 4.05. The minimum absolute atomic E-state index is 0.227. The van der Waals surface area contributed by atoms with Crippen molar-refractivity contribution in [2.24, 2.45) is 0 Å². The van der Waals surface area contributed by atoms with E-state index in [4.69, 9.17) is 5.11 Å². The number of aliphatic hydroxyl groups excluding tert-OH is 1. The zero-order valence-corrected chi connectivity index (χ0v) is 11.4. The van der Waals surface area contributed by atoms with Crippen LogP contribution in [0.4, 0.5) is 9.52 Å². The summed E-state index contributed by atoms with van der Waals surface area (Å²) in [7, 11) is 0. The zero-order chi connectivity index (χ0) is 14.5. The van der Waals surface area contributed by atoms with Gasteiger partial charge in [-0.25, -0.2) is 9.37 Å². The van der Waals surface area contributed by atoms with Crippen molar-refractivity contribution in [2.75, 3.05) is 11.9 Å². The molecular formula is C14H11FN2O2S. The first-order valence-electron chi connectivity index (χ1n) is 5.73. The van der Waals surface area contributed by atoms with Crippen molar-refractivity contribution in [1.82, 2.24) is 4.98 Å². The molecule has 1 amide bonds. The fraction of sp³-hybridized carbons (Fsp3) is 0.143. The van der Waals surface area contributed by atoms with Crippen LogP contribution in [-0.2, 0) is 0 Å². The second-order valence-corrected chi connectivity index (χ2v) is 5.11. The molecule has 0 aliphatic carbocycles. The van der Waals surface area contributed by atoms with Gasteiger partial charge in [0, 0.05) is 16.6 Å². The third-order valence-electron chi connectivity index (χ3n) is 2.37. The molecule has 2 aromatic rings. The number of nitrogens with one attached hydrogen (secondary N) is 1. The number of thiazole rings is 1. The highest BCUT2D eigenvalue weighted by Gasteiger charge is 2.13. The molecule has 1 aromatic carbocycles. The van der Waals surface area contributed by atoms with Gasteiger partial charge in [-0.2, -0.15) is 0 Å². The normalized spacial score (nSPS) is 9.75. The number of aryl methyl sites for hydroxylation is 1. The molecule has 0 atom stereocenters. The Hall–Kier alpha value is -2.23. The van der Waals surface area contributed by atoms with Crippen LogP contribution >= 0.6 is 11.3 Å². The van der Waals surface area contributed by atoms with Crippen LogP contribution in [0, 0.1) is 24.6 Å². The van der Waals surface area contributed by atoms with Gasteiger partial charge in [0.1, 0.15) is 12.4 Å². The number of anilines is 1. The average molecular weight is 290 g/mol. The van der Waals surface area contributed by atoms with Gasteiger partial charge < -0.3 is 5.11 Å². The third kappa shape index (κ3) is 3.41. The van der Waals surface area contributed by atoms with E-state index in [1.165, 1.54) is 23.5 Å². The van der Waals surface area contributed by atoms with Crippen molar-refractivity contribution in [1.29, 1.82) is 0 Å². The summed E-state index contributed by atoms with van der Waals surface area (Å²) in [5.41, 5.74) is 0.463. The quantitative estimate of drug-likeness (QED) is 0.833. The topological polar surface area (TPSA) is 62.2 Å². The predicted molar refractivity (Wildman–Crippen MR) is 75.2 cm³/mol. The second kappa shape index (κ2) is 6.28. The Bertz CT molecular complexity index is 701. The highest BCUT2D eigenvalue weighted by Crippen LogP contribution is 2.18. The SMILES string of the molecule is Cc1cnc(NC(=O)c2ccc(F)cc2C#CCO)s1. The standard InChI is InChI=1S/C14H11FN2O2S/c1-9-8-16-14(20-9)17-13(19)12-5-4-11(15)7-10(12)3-2-6-18/h4-5,7-8,18H,6H2,1H3,(H,16,17,19). The third-order valence-corrected chi connectivity index (χ3v) is 3.20. The molecule has 0 spiro atoms. The number of hydrogen-bond acceptors (Lipinski definition) is 4. The Morgan fingerprint density at radius 3 is 3.00 bits per heavy atom. The maximum atomic E-state index is 13.2. The lowest BCUT2D eigenvalue weighted by atomic mass is 10.1. The highest BCUT2D eigenvalue weighted by molar-refractivity contribution is 7.15. The largest absolute Gasteiger partial charge is 0.384 e. The van der Waals surface area contributed by atoms with Crippen molar-refractivity contribution >= 4 is 22.4 Å². The molecule has 2 N–H and O–H groups in total. The second-order valence-electron chi connectivity index (χ2n) is 3.88. The zero-order valence-electron chi connectivity index (χ0n) is 10.6. The van der Waals surface area contributed by atoms with Crippen molar-refractivity contribution in [3.05, 3.63) is 46.2 Å². The Kier molecular flexibility index (Phi) is 4.45. The summed E-state index contributed by atoms with van der Waals surface area (Å²) in [6, 6.07) is 3.70. The van der Waals surface area contributed by atoms with E-state index in [1.807, 2.05) is 6.92 Å². The molecule has 0 unspecified atom stereocenters. The summed E-state index contributed by atoms with van der Waals surface area (Å²) < 4.78 is 13.2. The van der Waals surface area contributed by atoms with Gasteiger partial charge in [-0.05, 0) is 25.1 Å². The van der Waals surface area contributed by atoms with Crippen LogP contribution in [0.2, 0.25) is 0 Å². The average Bonchev–Trinajstić information content (AvgIpc) is 2.81.